The lowest BCUT2D eigenvalue weighted by Gasteiger charge is -2.07. The van der Waals surface area contributed by atoms with Crippen LogP contribution in [0.15, 0.2) is 18.2 Å². The van der Waals surface area contributed by atoms with Crippen molar-refractivity contribution in [1.29, 1.82) is 0 Å². The molecular formula is C10H13NO2. The van der Waals surface area contributed by atoms with Crippen LogP contribution in [0, 0.1) is 0 Å². The summed E-state index contributed by atoms with van der Waals surface area (Å²) in [7, 11) is 1.56. The fraction of sp³-hybridized carbons (Fsp3) is 0.300. The standard InChI is InChI=1S/C10H13NO2/c1-7(12)6-8-4-3-5-9(13-2)10(8)11/h3-5H,6,11H2,1-2H3. The second-order valence-corrected chi connectivity index (χ2v) is 2.91. The van der Waals surface area contributed by atoms with E-state index in [-0.39, 0.29) is 5.78 Å². The summed E-state index contributed by atoms with van der Waals surface area (Å²) >= 11 is 0. The molecule has 0 fully saturated rings. The van der Waals surface area contributed by atoms with Crippen molar-refractivity contribution in [1.82, 2.24) is 0 Å². The van der Waals surface area contributed by atoms with Gasteiger partial charge in [-0.1, -0.05) is 12.1 Å². The van der Waals surface area contributed by atoms with Crippen molar-refractivity contribution in [2.24, 2.45) is 0 Å². The number of ether oxygens (including phenoxy) is 1. The first kappa shape index (κ1) is 9.58. The summed E-state index contributed by atoms with van der Waals surface area (Å²) in [5.41, 5.74) is 7.15. The van der Waals surface area contributed by atoms with E-state index >= 15 is 0 Å². The molecule has 0 saturated heterocycles. The van der Waals surface area contributed by atoms with Crippen molar-refractivity contribution in [2.75, 3.05) is 12.8 Å². The van der Waals surface area contributed by atoms with Crippen LogP contribution in [0.4, 0.5) is 5.69 Å². The number of nitrogens with two attached hydrogens (primary N) is 1. The highest BCUT2D eigenvalue weighted by Gasteiger charge is 2.06. The van der Waals surface area contributed by atoms with Crippen LogP contribution < -0.4 is 10.5 Å². The van der Waals surface area contributed by atoms with Gasteiger partial charge in [-0.25, -0.2) is 0 Å². The molecule has 1 aromatic carbocycles. The van der Waals surface area contributed by atoms with Crippen molar-refractivity contribution >= 4 is 11.5 Å². The number of benzene rings is 1. The molecule has 13 heavy (non-hydrogen) atoms. The number of hydrogen-bond acceptors (Lipinski definition) is 3. The molecule has 0 aliphatic carbocycles. The Kier molecular flexibility index (Phi) is 2.90. The Morgan fingerprint density at radius 1 is 1.54 bits per heavy atom. The van der Waals surface area contributed by atoms with Gasteiger partial charge in [0.05, 0.1) is 12.8 Å². The van der Waals surface area contributed by atoms with E-state index in [4.69, 9.17) is 10.5 Å². The monoisotopic (exact) mass is 179 g/mol. The zero-order valence-electron chi connectivity index (χ0n) is 7.83. The zero-order chi connectivity index (χ0) is 9.84. The normalized spacial score (nSPS) is 9.69. The molecule has 0 amide bonds. The average Bonchev–Trinajstić information content (AvgIpc) is 2.08. The summed E-state index contributed by atoms with van der Waals surface area (Å²) in [6.07, 6.45) is 0.364. The van der Waals surface area contributed by atoms with Gasteiger partial charge in [-0.2, -0.15) is 0 Å². The first-order valence-corrected chi connectivity index (χ1v) is 4.06. The fourth-order valence-electron chi connectivity index (χ4n) is 1.19. The minimum atomic E-state index is 0.0972. The summed E-state index contributed by atoms with van der Waals surface area (Å²) in [4.78, 5) is 10.9. The van der Waals surface area contributed by atoms with Gasteiger partial charge in [-0.05, 0) is 18.6 Å². The van der Waals surface area contributed by atoms with E-state index in [2.05, 4.69) is 0 Å². The highest BCUT2D eigenvalue weighted by Crippen LogP contribution is 2.24. The summed E-state index contributed by atoms with van der Waals surface area (Å²) in [5, 5.41) is 0. The lowest BCUT2D eigenvalue weighted by atomic mass is 10.1. The van der Waals surface area contributed by atoms with Crippen molar-refractivity contribution in [3.63, 3.8) is 0 Å². The van der Waals surface area contributed by atoms with Gasteiger partial charge in [-0.15, -0.1) is 0 Å². The van der Waals surface area contributed by atoms with Crippen LogP contribution in [0.5, 0.6) is 5.75 Å². The molecule has 0 unspecified atom stereocenters. The Bertz CT molecular complexity index is 321. The van der Waals surface area contributed by atoms with Gasteiger partial charge in [0.2, 0.25) is 0 Å². The molecule has 0 aromatic heterocycles. The molecule has 0 aliphatic heterocycles. The third-order valence-electron chi connectivity index (χ3n) is 1.82. The van der Waals surface area contributed by atoms with Crippen LogP contribution in [-0.4, -0.2) is 12.9 Å². The first-order valence-electron chi connectivity index (χ1n) is 4.06. The molecule has 0 atom stereocenters. The van der Waals surface area contributed by atoms with Crippen molar-refractivity contribution in [3.05, 3.63) is 23.8 Å². The molecule has 1 rings (SSSR count). The van der Waals surface area contributed by atoms with E-state index in [0.717, 1.165) is 5.56 Å². The maximum Gasteiger partial charge on any atom is 0.142 e. The van der Waals surface area contributed by atoms with E-state index in [9.17, 15) is 4.79 Å². The van der Waals surface area contributed by atoms with E-state index < -0.39 is 0 Å². The molecule has 70 valence electrons. The van der Waals surface area contributed by atoms with E-state index in [1.807, 2.05) is 12.1 Å². The number of rotatable bonds is 3. The number of anilines is 1. The van der Waals surface area contributed by atoms with Crippen molar-refractivity contribution < 1.29 is 9.53 Å². The number of ketones is 1. The highest BCUT2D eigenvalue weighted by atomic mass is 16.5. The van der Waals surface area contributed by atoms with Crippen LogP contribution in [0.25, 0.3) is 0 Å². The van der Waals surface area contributed by atoms with Crippen LogP contribution >= 0.6 is 0 Å². The molecule has 3 nitrogen and oxygen atoms in total. The number of hydrogen-bond donors (Lipinski definition) is 1. The molecular weight excluding hydrogens is 166 g/mol. The minimum absolute atomic E-state index is 0.0972. The highest BCUT2D eigenvalue weighted by molar-refractivity contribution is 5.80. The third kappa shape index (κ3) is 2.21. The van der Waals surface area contributed by atoms with Gasteiger partial charge in [-0.3, -0.25) is 4.79 Å². The Morgan fingerprint density at radius 3 is 2.77 bits per heavy atom. The predicted molar refractivity (Wildman–Crippen MR) is 51.8 cm³/mol. The van der Waals surface area contributed by atoms with Gasteiger partial charge in [0.1, 0.15) is 11.5 Å². The topological polar surface area (TPSA) is 52.3 Å². The lowest BCUT2D eigenvalue weighted by Crippen LogP contribution is -2.02. The van der Waals surface area contributed by atoms with Crippen molar-refractivity contribution in [2.45, 2.75) is 13.3 Å². The molecule has 0 heterocycles. The predicted octanol–water partition coefficient (Wildman–Crippen LogP) is 1.41. The van der Waals surface area contributed by atoms with Crippen LogP contribution in [0.3, 0.4) is 0 Å². The van der Waals surface area contributed by atoms with E-state index in [1.54, 1.807) is 20.1 Å². The fourth-order valence-corrected chi connectivity index (χ4v) is 1.19. The zero-order valence-corrected chi connectivity index (χ0v) is 7.83. The molecule has 0 bridgehead atoms. The maximum absolute atomic E-state index is 10.9. The molecule has 0 aliphatic rings. The SMILES string of the molecule is COc1cccc(CC(C)=O)c1N. The number of carbonyl (C=O) groups is 1. The Morgan fingerprint density at radius 2 is 2.23 bits per heavy atom. The smallest absolute Gasteiger partial charge is 0.142 e. The largest absolute Gasteiger partial charge is 0.495 e. The first-order chi connectivity index (χ1) is 6.15. The molecule has 0 saturated carbocycles. The quantitative estimate of drug-likeness (QED) is 0.714. The molecule has 0 spiro atoms. The van der Waals surface area contributed by atoms with Gasteiger partial charge in [0, 0.05) is 6.42 Å². The van der Waals surface area contributed by atoms with Gasteiger partial charge < -0.3 is 10.5 Å². The maximum atomic E-state index is 10.9. The van der Waals surface area contributed by atoms with Gasteiger partial charge in [0.25, 0.3) is 0 Å². The second kappa shape index (κ2) is 3.94. The second-order valence-electron chi connectivity index (χ2n) is 2.91. The molecule has 2 N–H and O–H groups in total. The lowest BCUT2D eigenvalue weighted by molar-refractivity contribution is -0.116. The summed E-state index contributed by atoms with van der Waals surface area (Å²) in [5.74, 6) is 0.721. The van der Waals surface area contributed by atoms with E-state index in [0.29, 0.717) is 17.9 Å². The number of methoxy groups -OCH3 is 1. The minimum Gasteiger partial charge on any atom is -0.495 e. The van der Waals surface area contributed by atoms with Crippen LogP contribution in [0.1, 0.15) is 12.5 Å². The Hall–Kier alpha value is -1.51. The van der Waals surface area contributed by atoms with E-state index in [1.165, 1.54) is 0 Å². The molecule has 3 heteroatoms. The van der Waals surface area contributed by atoms with Crippen LogP contribution in [-0.2, 0) is 11.2 Å². The summed E-state index contributed by atoms with van der Waals surface area (Å²) in [6, 6.07) is 5.44. The van der Waals surface area contributed by atoms with Gasteiger partial charge >= 0.3 is 0 Å². The average molecular weight is 179 g/mol. The number of para-hydroxylation sites is 1. The van der Waals surface area contributed by atoms with Gasteiger partial charge in [0.15, 0.2) is 0 Å². The number of carbonyl (C=O) groups excluding carboxylic acids is 1. The number of Topliss-reactive ketones (excluding diaryl/α,β-unsaturated/α-hetero) is 1. The summed E-state index contributed by atoms with van der Waals surface area (Å²) in [6.45, 7) is 1.54. The Labute approximate surface area is 77.5 Å². The van der Waals surface area contributed by atoms with Crippen molar-refractivity contribution in [3.8, 4) is 5.75 Å². The summed E-state index contributed by atoms with van der Waals surface area (Å²) < 4.78 is 5.03. The Balaban J connectivity index is 3.01. The van der Waals surface area contributed by atoms with Crippen LogP contribution in [0.2, 0.25) is 0 Å². The number of nitrogen functional groups attached to an aromatic ring is 1. The molecule has 1 aromatic rings. The molecule has 0 radical (unpaired) electrons. The third-order valence-corrected chi connectivity index (χ3v) is 1.82.